The van der Waals surface area contributed by atoms with Gasteiger partial charge >= 0.3 is 0 Å². The summed E-state index contributed by atoms with van der Waals surface area (Å²) in [4.78, 5) is 28.2. The van der Waals surface area contributed by atoms with Gasteiger partial charge in [-0.25, -0.2) is 0 Å². The quantitative estimate of drug-likeness (QED) is 0.734. The molecule has 0 N–H and O–H groups in total. The Morgan fingerprint density at radius 3 is 2.57 bits per heavy atom. The lowest BCUT2D eigenvalue weighted by Crippen LogP contribution is -2.59. The van der Waals surface area contributed by atoms with Crippen LogP contribution in [0.25, 0.3) is 0 Å². The second-order valence-corrected chi connectivity index (χ2v) is 5.53. The Morgan fingerprint density at radius 1 is 1.22 bits per heavy atom. The summed E-state index contributed by atoms with van der Waals surface area (Å²) in [6, 6.07) is 8.87. The number of carbonyl (C=O) groups excluding carboxylic acids is 2. The van der Waals surface area contributed by atoms with E-state index in [0.29, 0.717) is 0 Å². The first kappa shape index (κ1) is 15.9. The van der Waals surface area contributed by atoms with Gasteiger partial charge in [0.1, 0.15) is 12.6 Å². The van der Waals surface area contributed by atoms with Gasteiger partial charge in [-0.2, -0.15) is 0 Å². The molecule has 2 aliphatic heterocycles. The third kappa shape index (κ3) is 2.95. The molecule has 2 fully saturated rings. The molecule has 3 rings (SSSR count). The molecule has 0 saturated carbocycles. The van der Waals surface area contributed by atoms with Crippen LogP contribution in [0, 0.1) is 0 Å². The predicted octanol–water partition coefficient (Wildman–Crippen LogP) is 0.374. The number of benzene rings is 1. The number of nitrogens with zero attached hydrogens (tertiary/aromatic N) is 2. The molecular formula is C16H20N2O5. The third-order valence-corrected chi connectivity index (χ3v) is 4.19. The van der Waals surface area contributed by atoms with E-state index in [-0.39, 0.29) is 31.5 Å². The third-order valence-electron chi connectivity index (χ3n) is 4.19. The smallest absolute Gasteiger partial charge is 0.248 e. The van der Waals surface area contributed by atoms with E-state index in [9.17, 15) is 9.59 Å². The fourth-order valence-corrected chi connectivity index (χ4v) is 2.99. The van der Waals surface area contributed by atoms with Gasteiger partial charge in [0.05, 0.1) is 13.2 Å². The molecular weight excluding hydrogens is 300 g/mol. The summed E-state index contributed by atoms with van der Waals surface area (Å²) < 4.78 is 16.0. The summed E-state index contributed by atoms with van der Waals surface area (Å²) in [5.74, 6) is -0.269. The Balaban J connectivity index is 1.77. The minimum Gasteiger partial charge on any atom is -0.354 e. The molecule has 0 unspecified atom stereocenters. The predicted molar refractivity (Wildman–Crippen MR) is 80.2 cm³/mol. The van der Waals surface area contributed by atoms with Gasteiger partial charge < -0.3 is 19.1 Å². The zero-order valence-electron chi connectivity index (χ0n) is 13.2. The first-order valence-corrected chi connectivity index (χ1v) is 7.47. The lowest BCUT2D eigenvalue weighted by atomic mass is 10.1. The van der Waals surface area contributed by atoms with Crippen molar-refractivity contribution in [2.45, 2.75) is 18.6 Å². The lowest BCUT2D eigenvalue weighted by molar-refractivity contribution is -0.165. The van der Waals surface area contributed by atoms with Crippen molar-refractivity contribution in [2.24, 2.45) is 0 Å². The number of methoxy groups -OCH3 is 2. The number of rotatable bonds is 5. The van der Waals surface area contributed by atoms with Crippen molar-refractivity contribution in [3.63, 3.8) is 0 Å². The van der Waals surface area contributed by atoms with Gasteiger partial charge in [-0.3, -0.25) is 14.5 Å². The van der Waals surface area contributed by atoms with Gasteiger partial charge in [-0.1, -0.05) is 30.3 Å². The van der Waals surface area contributed by atoms with E-state index < -0.39 is 18.6 Å². The zero-order valence-corrected chi connectivity index (χ0v) is 13.2. The van der Waals surface area contributed by atoms with Crippen LogP contribution in [0.1, 0.15) is 11.8 Å². The Hall–Kier alpha value is -1.96. The highest BCUT2D eigenvalue weighted by Gasteiger charge is 2.48. The largest absolute Gasteiger partial charge is 0.354 e. The average molecular weight is 320 g/mol. The second kappa shape index (κ2) is 6.66. The fraction of sp³-hybridized carbons (Fsp3) is 0.500. The van der Waals surface area contributed by atoms with Crippen molar-refractivity contribution in [1.29, 1.82) is 0 Å². The Kier molecular flexibility index (Phi) is 4.61. The number of piperazine rings is 1. The number of ether oxygens (including phenoxy) is 3. The summed E-state index contributed by atoms with van der Waals surface area (Å²) in [5.41, 5.74) is 0.872. The van der Waals surface area contributed by atoms with E-state index in [1.54, 1.807) is 4.90 Å². The minimum absolute atomic E-state index is 0.00521. The van der Waals surface area contributed by atoms with Crippen LogP contribution in [0.2, 0.25) is 0 Å². The molecule has 0 aromatic heterocycles. The van der Waals surface area contributed by atoms with E-state index in [0.717, 1.165) is 5.56 Å². The van der Waals surface area contributed by atoms with Crippen molar-refractivity contribution >= 4 is 11.8 Å². The molecule has 0 spiro atoms. The number of hydrogen-bond donors (Lipinski definition) is 0. The van der Waals surface area contributed by atoms with E-state index >= 15 is 0 Å². The summed E-state index contributed by atoms with van der Waals surface area (Å²) in [7, 11) is 3.00. The molecule has 2 heterocycles. The summed E-state index contributed by atoms with van der Waals surface area (Å²) >= 11 is 0. The average Bonchev–Trinajstić information content (AvgIpc) is 3.03. The van der Waals surface area contributed by atoms with Crippen molar-refractivity contribution in [2.75, 3.05) is 33.9 Å². The zero-order chi connectivity index (χ0) is 16.4. The number of hydrogen-bond acceptors (Lipinski definition) is 5. The molecule has 2 saturated heterocycles. The highest BCUT2D eigenvalue weighted by atomic mass is 16.7. The first-order valence-electron chi connectivity index (χ1n) is 7.47. The lowest BCUT2D eigenvalue weighted by Gasteiger charge is -2.38. The monoisotopic (exact) mass is 320 g/mol. The van der Waals surface area contributed by atoms with Crippen LogP contribution in [0.15, 0.2) is 30.3 Å². The maximum Gasteiger partial charge on any atom is 0.248 e. The van der Waals surface area contributed by atoms with Crippen LogP contribution in [-0.4, -0.2) is 67.9 Å². The maximum absolute atomic E-state index is 12.6. The molecule has 124 valence electrons. The molecule has 1 aromatic rings. The molecule has 7 nitrogen and oxygen atoms in total. The molecule has 2 atom stereocenters. The Morgan fingerprint density at radius 2 is 1.91 bits per heavy atom. The Labute approximate surface area is 134 Å². The second-order valence-electron chi connectivity index (χ2n) is 5.53. The van der Waals surface area contributed by atoms with Gasteiger partial charge in [0.2, 0.25) is 11.8 Å². The normalized spacial score (nSPS) is 24.5. The van der Waals surface area contributed by atoms with Crippen molar-refractivity contribution in [1.82, 2.24) is 9.80 Å². The first-order chi connectivity index (χ1) is 11.2. The van der Waals surface area contributed by atoms with Gasteiger partial charge in [-0.05, 0) is 0 Å². The molecule has 2 aliphatic rings. The highest BCUT2D eigenvalue weighted by Crippen LogP contribution is 2.33. The van der Waals surface area contributed by atoms with E-state index in [1.807, 2.05) is 30.3 Å². The summed E-state index contributed by atoms with van der Waals surface area (Å²) in [5, 5.41) is 0. The molecule has 0 bridgehead atoms. The van der Waals surface area contributed by atoms with E-state index in [2.05, 4.69) is 0 Å². The molecule has 23 heavy (non-hydrogen) atoms. The Bertz CT molecular complexity index is 575. The van der Waals surface area contributed by atoms with Crippen LogP contribution in [0.5, 0.6) is 0 Å². The molecule has 7 heteroatoms. The van der Waals surface area contributed by atoms with Crippen LogP contribution in [0.3, 0.4) is 0 Å². The van der Waals surface area contributed by atoms with Gasteiger partial charge in [-0.15, -0.1) is 0 Å². The number of carbonyl (C=O) groups is 2. The SMILES string of the molecule is COC(CN1CC(=O)N2[C@@H](CO[C@H]2c2ccccc2)C1=O)OC. The van der Waals surface area contributed by atoms with Gasteiger partial charge in [0, 0.05) is 19.8 Å². The van der Waals surface area contributed by atoms with Crippen molar-refractivity contribution < 1.29 is 23.8 Å². The van der Waals surface area contributed by atoms with Crippen LogP contribution >= 0.6 is 0 Å². The number of fused-ring (bicyclic) bond motifs is 1. The fourth-order valence-electron chi connectivity index (χ4n) is 2.99. The summed E-state index contributed by atoms with van der Waals surface area (Å²) in [6.45, 7) is 0.425. The number of amides is 2. The van der Waals surface area contributed by atoms with Crippen LogP contribution < -0.4 is 0 Å². The van der Waals surface area contributed by atoms with Gasteiger partial charge in [0.15, 0.2) is 12.5 Å². The van der Waals surface area contributed by atoms with Crippen LogP contribution in [0.4, 0.5) is 0 Å². The van der Waals surface area contributed by atoms with Crippen molar-refractivity contribution in [3.05, 3.63) is 35.9 Å². The molecule has 0 radical (unpaired) electrons. The minimum atomic E-state index is -0.587. The van der Waals surface area contributed by atoms with Crippen LogP contribution in [-0.2, 0) is 23.8 Å². The van der Waals surface area contributed by atoms with E-state index in [1.165, 1.54) is 19.1 Å². The standard InChI is InChI=1S/C16H20N2O5/c1-21-14(22-2)9-17-8-13(19)18-12(15(17)20)10-23-16(18)11-6-4-3-5-7-11/h3-7,12,14,16H,8-10H2,1-2H3/t12-,16-/m0/s1. The molecule has 1 aromatic carbocycles. The summed E-state index contributed by atoms with van der Waals surface area (Å²) in [6.07, 6.45) is -1.05. The van der Waals surface area contributed by atoms with Crippen molar-refractivity contribution in [3.8, 4) is 0 Å². The molecule has 2 amide bonds. The van der Waals surface area contributed by atoms with E-state index in [4.69, 9.17) is 14.2 Å². The molecule has 0 aliphatic carbocycles. The van der Waals surface area contributed by atoms with Gasteiger partial charge in [0.25, 0.3) is 0 Å². The highest BCUT2D eigenvalue weighted by molar-refractivity contribution is 5.95. The maximum atomic E-state index is 12.6. The topological polar surface area (TPSA) is 68.3 Å².